The number of pyridine rings is 1. The number of halogens is 1. The molecule has 2 aliphatic rings. The van der Waals surface area contributed by atoms with Crippen molar-refractivity contribution in [3.8, 4) is 0 Å². The van der Waals surface area contributed by atoms with E-state index >= 15 is 0 Å². The van der Waals surface area contributed by atoms with E-state index in [1.54, 1.807) is 6.20 Å². The fourth-order valence-electron chi connectivity index (χ4n) is 4.55. The first-order chi connectivity index (χ1) is 14.9. The normalized spacial score (nSPS) is 17.1. The van der Waals surface area contributed by atoms with Gasteiger partial charge < -0.3 is 15.1 Å². The highest BCUT2D eigenvalue weighted by Gasteiger charge is 2.33. The van der Waals surface area contributed by atoms with Gasteiger partial charge in [0.15, 0.2) is 0 Å². The monoisotopic (exact) mass is 440 g/mol. The van der Waals surface area contributed by atoms with Gasteiger partial charge in [-0.15, -0.1) is 0 Å². The molecule has 0 atom stereocenters. The maximum atomic E-state index is 12.7. The lowest BCUT2D eigenvalue weighted by atomic mass is 9.95. The molecule has 0 unspecified atom stereocenters. The summed E-state index contributed by atoms with van der Waals surface area (Å²) < 4.78 is 0. The van der Waals surface area contributed by atoms with Crippen LogP contribution in [0.3, 0.4) is 0 Å². The van der Waals surface area contributed by atoms with E-state index in [1.807, 2.05) is 36.9 Å². The third kappa shape index (κ3) is 4.85. The zero-order valence-electron chi connectivity index (χ0n) is 18.1. The zero-order valence-corrected chi connectivity index (χ0v) is 18.9. The summed E-state index contributed by atoms with van der Waals surface area (Å²) in [4.78, 5) is 33.4. The summed E-state index contributed by atoms with van der Waals surface area (Å²) in [5.74, 6) is 0.934. The van der Waals surface area contributed by atoms with E-state index in [-0.39, 0.29) is 30.3 Å². The molecular formula is C24H29ClN4O2. The second kappa shape index (κ2) is 9.27. The standard InChI is InChI=1S/C24H29ClN4O2/c1-16(2)27-22(30)14-17-13-20(25)24(26-15-17)28-11-9-19(10-12-28)29-21-6-4-3-5-18(21)7-8-23(29)31/h3-6,13,15-16,19H,7-12,14H2,1-2H3,(H,27,30). The summed E-state index contributed by atoms with van der Waals surface area (Å²) in [7, 11) is 0. The van der Waals surface area contributed by atoms with Gasteiger partial charge in [0.2, 0.25) is 11.8 Å². The molecule has 6 nitrogen and oxygen atoms in total. The summed E-state index contributed by atoms with van der Waals surface area (Å²) in [5, 5.41) is 3.45. The Hall–Kier alpha value is -2.60. The molecule has 0 aliphatic carbocycles. The Morgan fingerprint density at radius 1 is 1.23 bits per heavy atom. The summed E-state index contributed by atoms with van der Waals surface area (Å²) >= 11 is 6.53. The van der Waals surface area contributed by atoms with E-state index in [4.69, 9.17) is 11.6 Å². The lowest BCUT2D eigenvalue weighted by Crippen LogP contribution is -2.49. The molecule has 1 fully saturated rings. The number of carbonyl (C=O) groups excluding carboxylic acids is 2. The molecule has 1 N–H and O–H groups in total. The maximum Gasteiger partial charge on any atom is 0.227 e. The largest absolute Gasteiger partial charge is 0.355 e. The Balaban J connectivity index is 1.41. The van der Waals surface area contributed by atoms with Gasteiger partial charge in [-0.05, 0) is 56.4 Å². The number of amides is 2. The van der Waals surface area contributed by atoms with Crippen LogP contribution in [0.5, 0.6) is 0 Å². The predicted octanol–water partition coefficient (Wildman–Crippen LogP) is 3.75. The number of carbonyl (C=O) groups is 2. The van der Waals surface area contributed by atoms with Crippen LogP contribution < -0.4 is 15.1 Å². The highest BCUT2D eigenvalue weighted by atomic mass is 35.5. The Morgan fingerprint density at radius 2 is 1.97 bits per heavy atom. The van der Waals surface area contributed by atoms with Crippen molar-refractivity contribution in [1.29, 1.82) is 0 Å². The van der Waals surface area contributed by atoms with Crippen molar-refractivity contribution in [2.24, 2.45) is 0 Å². The van der Waals surface area contributed by atoms with Gasteiger partial charge in [0.05, 0.1) is 11.4 Å². The van der Waals surface area contributed by atoms with Crippen molar-refractivity contribution >= 4 is 34.9 Å². The minimum absolute atomic E-state index is 0.0343. The van der Waals surface area contributed by atoms with Crippen LogP contribution in [0.1, 0.15) is 44.2 Å². The van der Waals surface area contributed by atoms with E-state index in [9.17, 15) is 9.59 Å². The van der Waals surface area contributed by atoms with Crippen LogP contribution in [0.2, 0.25) is 5.02 Å². The molecule has 7 heteroatoms. The minimum atomic E-state index is -0.0343. The van der Waals surface area contributed by atoms with Crippen LogP contribution in [0.4, 0.5) is 11.5 Å². The molecule has 1 aromatic carbocycles. The first-order valence-electron chi connectivity index (χ1n) is 11.0. The van der Waals surface area contributed by atoms with Gasteiger partial charge in [-0.1, -0.05) is 29.8 Å². The van der Waals surface area contributed by atoms with E-state index in [0.717, 1.165) is 49.4 Å². The molecular weight excluding hydrogens is 412 g/mol. The fraction of sp³-hybridized carbons (Fsp3) is 0.458. The SMILES string of the molecule is CC(C)NC(=O)Cc1cnc(N2CCC(N3C(=O)CCc4ccccc43)CC2)c(Cl)c1. The van der Waals surface area contributed by atoms with Gasteiger partial charge in [-0.3, -0.25) is 9.59 Å². The van der Waals surface area contributed by atoms with Crippen LogP contribution in [0.25, 0.3) is 0 Å². The van der Waals surface area contributed by atoms with Crippen molar-refractivity contribution in [3.63, 3.8) is 0 Å². The Morgan fingerprint density at radius 3 is 2.68 bits per heavy atom. The molecule has 1 saturated heterocycles. The van der Waals surface area contributed by atoms with Gasteiger partial charge in [0.25, 0.3) is 0 Å². The van der Waals surface area contributed by atoms with E-state index < -0.39 is 0 Å². The van der Waals surface area contributed by atoms with Gasteiger partial charge in [-0.2, -0.15) is 0 Å². The molecule has 0 radical (unpaired) electrons. The molecule has 0 spiro atoms. The second-order valence-corrected chi connectivity index (χ2v) is 9.07. The summed E-state index contributed by atoms with van der Waals surface area (Å²) in [6.45, 7) is 5.45. The van der Waals surface area contributed by atoms with Crippen LogP contribution in [-0.2, 0) is 22.4 Å². The predicted molar refractivity (Wildman–Crippen MR) is 124 cm³/mol. The first-order valence-corrected chi connectivity index (χ1v) is 11.4. The number of fused-ring (bicyclic) bond motifs is 1. The molecule has 4 rings (SSSR count). The van der Waals surface area contributed by atoms with Gasteiger partial charge >= 0.3 is 0 Å². The first kappa shape index (κ1) is 21.6. The average molecular weight is 441 g/mol. The highest BCUT2D eigenvalue weighted by Crippen LogP contribution is 2.34. The van der Waals surface area contributed by atoms with E-state index in [1.165, 1.54) is 5.56 Å². The summed E-state index contributed by atoms with van der Waals surface area (Å²) in [6, 6.07) is 10.4. The number of rotatable bonds is 5. The van der Waals surface area contributed by atoms with Crippen LogP contribution >= 0.6 is 11.6 Å². The second-order valence-electron chi connectivity index (χ2n) is 8.66. The lowest BCUT2D eigenvalue weighted by Gasteiger charge is -2.41. The number of para-hydroxylation sites is 1. The molecule has 2 amide bonds. The van der Waals surface area contributed by atoms with Crippen molar-refractivity contribution in [2.75, 3.05) is 22.9 Å². The minimum Gasteiger partial charge on any atom is -0.355 e. The number of nitrogens with zero attached hydrogens (tertiary/aromatic N) is 3. The number of hydrogen-bond donors (Lipinski definition) is 1. The van der Waals surface area contributed by atoms with Gasteiger partial charge in [0.1, 0.15) is 5.82 Å². The number of hydrogen-bond acceptors (Lipinski definition) is 4. The summed E-state index contributed by atoms with van der Waals surface area (Å²) in [6.07, 6.45) is 5.15. The van der Waals surface area contributed by atoms with E-state index in [2.05, 4.69) is 27.3 Å². The molecule has 3 heterocycles. The molecule has 1 aromatic heterocycles. The van der Waals surface area contributed by atoms with Crippen molar-refractivity contribution in [3.05, 3.63) is 52.7 Å². The number of aryl methyl sites for hydroxylation is 1. The quantitative estimate of drug-likeness (QED) is 0.769. The molecule has 2 aliphatic heterocycles. The van der Waals surface area contributed by atoms with Crippen LogP contribution in [0.15, 0.2) is 36.5 Å². The van der Waals surface area contributed by atoms with Crippen LogP contribution in [0, 0.1) is 0 Å². The topological polar surface area (TPSA) is 65.5 Å². The van der Waals surface area contributed by atoms with Gasteiger partial charge in [0, 0.05) is 43.5 Å². The third-order valence-corrected chi connectivity index (χ3v) is 6.23. The van der Waals surface area contributed by atoms with Crippen LogP contribution in [-0.4, -0.2) is 42.0 Å². The maximum absolute atomic E-state index is 12.7. The van der Waals surface area contributed by atoms with E-state index in [0.29, 0.717) is 11.4 Å². The molecule has 0 bridgehead atoms. The lowest BCUT2D eigenvalue weighted by molar-refractivity contribution is -0.121. The smallest absolute Gasteiger partial charge is 0.227 e. The van der Waals surface area contributed by atoms with Crippen molar-refractivity contribution < 1.29 is 9.59 Å². The Bertz CT molecular complexity index is 970. The average Bonchev–Trinajstić information content (AvgIpc) is 2.73. The fourth-order valence-corrected chi connectivity index (χ4v) is 4.86. The number of nitrogens with one attached hydrogen (secondary N) is 1. The number of aromatic nitrogens is 1. The Kier molecular flexibility index (Phi) is 6.46. The third-order valence-electron chi connectivity index (χ3n) is 5.95. The summed E-state index contributed by atoms with van der Waals surface area (Å²) in [5.41, 5.74) is 3.13. The van der Waals surface area contributed by atoms with Crippen molar-refractivity contribution in [2.45, 2.75) is 58.0 Å². The molecule has 0 saturated carbocycles. The Labute approximate surface area is 188 Å². The molecule has 164 valence electrons. The highest BCUT2D eigenvalue weighted by molar-refractivity contribution is 6.33. The number of anilines is 2. The molecule has 31 heavy (non-hydrogen) atoms. The number of piperidine rings is 1. The number of benzene rings is 1. The molecule has 2 aromatic rings. The van der Waals surface area contributed by atoms with Crippen molar-refractivity contribution in [1.82, 2.24) is 10.3 Å². The zero-order chi connectivity index (χ0) is 22.0. The van der Waals surface area contributed by atoms with Gasteiger partial charge in [-0.25, -0.2) is 4.98 Å².